The number of carbonyl (C=O) groups is 1. The second kappa shape index (κ2) is 9.48. The first-order valence-electron chi connectivity index (χ1n) is 8.54. The maximum absolute atomic E-state index is 11.6. The minimum absolute atomic E-state index is 0.0532. The monoisotopic (exact) mass is 335 g/mol. The number of hydrogen-bond donors (Lipinski definition) is 1. The molecule has 0 spiro atoms. The first-order chi connectivity index (χ1) is 12.1. The van der Waals surface area contributed by atoms with Gasteiger partial charge in [-0.2, -0.15) is 0 Å². The van der Waals surface area contributed by atoms with Gasteiger partial charge in [-0.1, -0.05) is 56.0 Å². The van der Waals surface area contributed by atoms with Crippen LogP contribution in [0.15, 0.2) is 55.1 Å². The third-order valence-electron chi connectivity index (χ3n) is 3.71. The number of hydrogen-bond acceptors (Lipinski definition) is 2. The molecule has 3 nitrogen and oxygen atoms in total. The summed E-state index contributed by atoms with van der Waals surface area (Å²) in [6, 6.07) is 13.9. The molecule has 0 saturated carbocycles. The zero-order chi connectivity index (χ0) is 18.1. The van der Waals surface area contributed by atoms with E-state index in [1.807, 2.05) is 62.4 Å². The maximum Gasteiger partial charge on any atom is 0.224 e. The molecule has 0 radical (unpaired) electrons. The lowest BCUT2D eigenvalue weighted by molar-refractivity contribution is -0.116. The van der Waals surface area contributed by atoms with E-state index in [4.69, 9.17) is 4.74 Å². The minimum atomic E-state index is 0.0532. The maximum atomic E-state index is 11.6. The molecule has 0 aliphatic carbocycles. The van der Waals surface area contributed by atoms with Gasteiger partial charge in [-0.05, 0) is 48.2 Å². The Balaban J connectivity index is 2.04. The topological polar surface area (TPSA) is 38.3 Å². The van der Waals surface area contributed by atoms with Gasteiger partial charge in [0, 0.05) is 12.1 Å². The van der Waals surface area contributed by atoms with Crippen molar-refractivity contribution in [2.45, 2.75) is 26.7 Å². The molecule has 0 unspecified atom stereocenters. The molecular formula is C22H25NO2. The standard InChI is InChI=1S/C22H25NO2/c1-4-6-22(24)23-20-13-11-18(12-14-20)9-10-19-8-7-17(3)21(16-19)25-15-5-2/h5,7-14,16H,2,4,6,15H2,1,3H3,(H,23,24)/b10-9+. The molecule has 25 heavy (non-hydrogen) atoms. The fourth-order valence-electron chi connectivity index (χ4n) is 2.35. The van der Waals surface area contributed by atoms with Crippen LogP contribution in [0.3, 0.4) is 0 Å². The lowest BCUT2D eigenvalue weighted by atomic mass is 10.1. The normalized spacial score (nSPS) is 10.6. The molecule has 0 atom stereocenters. The smallest absolute Gasteiger partial charge is 0.224 e. The van der Waals surface area contributed by atoms with Gasteiger partial charge in [0.2, 0.25) is 5.91 Å². The average Bonchev–Trinajstić information content (AvgIpc) is 2.61. The summed E-state index contributed by atoms with van der Waals surface area (Å²) < 4.78 is 5.66. The fraction of sp³-hybridized carbons (Fsp3) is 0.227. The van der Waals surface area contributed by atoms with Crippen molar-refractivity contribution in [1.29, 1.82) is 0 Å². The van der Waals surface area contributed by atoms with Crippen molar-refractivity contribution in [3.05, 3.63) is 71.8 Å². The number of nitrogens with one attached hydrogen (secondary N) is 1. The third-order valence-corrected chi connectivity index (χ3v) is 3.71. The van der Waals surface area contributed by atoms with E-state index in [2.05, 4.69) is 18.0 Å². The van der Waals surface area contributed by atoms with Crippen LogP contribution in [0.1, 0.15) is 36.5 Å². The van der Waals surface area contributed by atoms with Crippen molar-refractivity contribution in [2.24, 2.45) is 0 Å². The van der Waals surface area contributed by atoms with Crippen LogP contribution < -0.4 is 10.1 Å². The molecule has 0 fully saturated rings. The van der Waals surface area contributed by atoms with Crippen molar-refractivity contribution in [1.82, 2.24) is 0 Å². The molecule has 0 saturated heterocycles. The first kappa shape index (κ1) is 18.5. The summed E-state index contributed by atoms with van der Waals surface area (Å²) >= 11 is 0. The molecule has 0 aliphatic rings. The second-order valence-electron chi connectivity index (χ2n) is 5.88. The number of carbonyl (C=O) groups excluding carboxylic acids is 1. The predicted octanol–water partition coefficient (Wildman–Crippen LogP) is 5.47. The number of benzene rings is 2. The van der Waals surface area contributed by atoms with E-state index in [0.29, 0.717) is 13.0 Å². The molecule has 2 aromatic carbocycles. The Hall–Kier alpha value is -2.81. The first-order valence-corrected chi connectivity index (χ1v) is 8.54. The lowest BCUT2D eigenvalue weighted by Gasteiger charge is -2.08. The van der Waals surface area contributed by atoms with Gasteiger partial charge in [0.1, 0.15) is 12.4 Å². The highest BCUT2D eigenvalue weighted by Gasteiger charge is 2.01. The van der Waals surface area contributed by atoms with Crippen LogP contribution in [0.4, 0.5) is 5.69 Å². The van der Waals surface area contributed by atoms with E-state index in [9.17, 15) is 4.79 Å². The molecule has 1 N–H and O–H groups in total. The molecule has 3 heteroatoms. The Morgan fingerprint density at radius 2 is 1.80 bits per heavy atom. The van der Waals surface area contributed by atoms with Crippen LogP contribution in [0.25, 0.3) is 12.2 Å². The van der Waals surface area contributed by atoms with Crippen molar-refractivity contribution in [2.75, 3.05) is 11.9 Å². The number of rotatable bonds is 8. The van der Waals surface area contributed by atoms with Crippen LogP contribution >= 0.6 is 0 Å². The van der Waals surface area contributed by atoms with E-state index in [0.717, 1.165) is 34.5 Å². The Kier molecular flexibility index (Phi) is 7.02. The van der Waals surface area contributed by atoms with Crippen LogP contribution in [0.2, 0.25) is 0 Å². The minimum Gasteiger partial charge on any atom is -0.489 e. The largest absolute Gasteiger partial charge is 0.489 e. The molecule has 0 bridgehead atoms. The van der Waals surface area contributed by atoms with E-state index >= 15 is 0 Å². The fourth-order valence-corrected chi connectivity index (χ4v) is 2.35. The zero-order valence-electron chi connectivity index (χ0n) is 14.9. The molecule has 0 aromatic heterocycles. The van der Waals surface area contributed by atoms with Gasteiger partial charge in [0.05, 0.1) is 0 Å². The lowest BCUT2D eigenvalue weighted by Crippen LogP contribution is -2.10. The van der Waals surface area contributed by atoms with Crippen LogP contribution in [0.5, 0.6) is 5.75 Å². The Labute approximate surface area is 150 Å². The van der Waals surface area contributed by atoms with Gasteiger partial charge in [-0.25, -0.2) is 0 Å². The second-order valence-corrected chi connectivity index (χ2v) is 5.88. The molecule has 0 heterocycles. The van der Waals surface area contributed by atoms with Gasteiger partial charge in [0.25, 0.3) is 0 Å². The number of amides is 1. The Bertz CT molecular complexity index is 745. The summed E-state index contributed by atoms with van der Waals surface area (Å²) in [7, 11) is 0. The van der Waals surface area contributed by atoms with Crippen LogP contribution in [-0.4, -0.2) is 12.5 Å². The summed E-state index contributed by atoms with van der Waals surface area (Å²) in [4.78, 5) is 11.6. The van der Waals surface area contributed by atoms with Crippen LogP contribution in [-0.2, 0) is 4.79 Å². The van der Waals surface area contributed by atoms with Crippen LogP contribution in [0, 0.1) is 6.92 Å². The number of aryl methyl sites for hydroxylation is 1. The number of anilines is 1. The molecule has 130 valence electrons. The average molecular weight is 335 g/mol. The van der Waals surface area contributed by atoms with Crippen molar-refractivity contribution in [3.8, 4) is 5.75 Å². The van der Waals surface area contributed by atoms with Gasteiger partial charge in [-0.15, -0.1) is 0 Å². The third kappa shape index (κ3) is 5.96. The van der Waals surface area contributed by atoms with Gasteiger partial charge in [0.15, 0.2) is 0 Å². The van der Waals surface area contributed by atoms with Gasteiger partial charge in [-0.3, -0.25) is 4.79 Å². The Morgan fingerprint density at radius 1 is 1.12 bits per heavy atom. The predicted molar refractivity (Wildman–Crippen MR) is 106 cm³/mol. The summed E-state index contributed by atoms with van der Waals surface area (Å²) in [5.41, 5.74) is 4.07. The van der Waals surface area contributed by atoms with Crippen molar-refractivity contribution in [3.63, 3.8) is 0 Å². The van der Waals surface area contributed by atoms with Crippen molar-refractivity contribution < 1.29 is 9.53 Å². The molecule has 2 rings (SSSR count). The Morgan fingerprint density at radius 3 is 2.48 bits per heavy atom. The molecule has 1 amide bonds. The molecule has 0 aliphatic heterocycles. The highest BCUT2D eigenvalue weighted by molar-refractivity contribution is 5.90. The molecule has 2 aromatic rings. The highest BCUT2D eigenvalue weighted by Crippen LogP contribution is 2.21. The highest BCUT2D eigenvalue weighted by atomic mass is 16.5. The molecular weight excluding hydrogens is 310 g/mol. The summed E-state index contributed by atoms with van der Waals surface area (Å²) in [6.45, 7) is 8.19. The zero-order valence-corrected chi connectivity index (χ0v) is 14.9. The quantitative estimate of drug-likeness (QED) is 0.513. The number of ether oxygens (including phenoxy) is 1. The van der Waals surface area contributed by atoms with E-state index in [-0.39, 0.29) is 5.91 Å². The summed E-state index contributed by atoms with van der Waals surface area (Å²) in [5, 5.41) is 2.89. The van der Waals surface area contributed by atoms with Gasteiger partial charge >= 0.3 is 0 Å². The van der Waals surface area contributed by atoms with E-state index < -0.39 is 0 Å². The van der Waals surface area contributed by atoms with Gasteiger partial charge < -0.3 is 10.1 Å². The van der Waals surface area contributed by atoms with E-state index in [1.165, 1.54) is 0 Å². The van der Waals surface area contributed by atoms with Crippen molar-refractivity contribution >= 4 is 23.7 Å². The van der Waals surface area contributed by atoms with E-state index in [1.54, 1.807) is 6.08 Å². The SMILES string of the molecule is C=CCOc1cc(/C=C/c2ccc(NC(=O)CCC)cc2)ccc1C. The summed E-state index contributed by atoms with van der Waals surface area (Å²) in [6.07, 6.45) is 7.22. The summed E-state index contributed by atoms with van der Waals surface area (Å²) in [5.74, 6) is 0.925.